The molecule has 0 radical (unpaired) electrons. The fourth-order valence-electron chi connectivity index (χ4n) is 4.28. The third-order valence-corrected chi connectivity index (χ3v) is 7.82. The van der Waals surface area contributed by atoms with Crippen LogP contribution in [-0.2, 0) is 21.4 Å². The first kappa shape index (κ1) is 23.9. The number of hydrogen-bond acceptors (Lipinski definition) is 6. The van der Waals surface area contributed by atoms with Gasteiger partial charge in [0, 0.05) is 42.4 Å². The van der Waals surface area contributed by atoms with Crippen molar-refractivity contribution in [3.05, 3.63) is 78.0 Å². The number of halogens is 2. The minimum Gasteiger partial charge on any atom is -0.507 e. The smallest absolute Gasteiger partial charge is 0.277 e. The van der Waals surface area contributed by atoms with Gasteiger partial charge in [0.2, 0.25) is 11.0 Å². The molecule has 11 heteroatoms. The first-order valence-corrected chi connectivity index (χ1v) is 12.6. The van der Waals surface area contributed by atoms with Crippen molar-refractivity contribution in [3.63, 3.8) is 0 Å². The van der Waals surface area contributed by atoms with Crippen LogP contribution in [0.2, 0.25) is 0 Å². The number of rotatable bonds is 6. The third-order valence-electron chi connectivity index (χ3n) is 6.05. The van der Waals surface area contributed by atoms with E-state index in [1.54, 1.807) is 12.1 Å². The lowest BCUT2D eigenvalue weighted by Crippen LogP contribution is -2.45. The summed E-state index contributed by atoms with van der Waals surface area (Å²) in [7, 11) is -4.13. The molecule has 1 aliphatic heterocycles. The molecule has 0 aliphatic carbocycles. The number of phenolic OH excluding ortho intramolecular Hbond substituents is 1. The molecule has 0 spiro atoms. The summed E-state index contributed by atoms with van der Waals surface area (Å²) in [5.74, 6) is -1.82. The fraction of sp³-hybridized carbons (Fsp3) is 0.200. The molecule has 36 heavy (non-hydrogen) atoms. The molecule has 8 nitrogen and oxygen atoms in total. The van der Waals surface area contributed by atoms with E-state index in [-0.39, 0.29) is 29.5 Å². The molecule has 1 amide bonds. The van der Waals surface area contributed by atoms with E-state index in [0.29, 0.717) is 35.0 Å². The van der Waals surface area contributed by atoms with E-state index in [1.807, 2.05) is 0 Å². The quantitative estimate of drug-likeness (QED) is 0.404. The number of aromatic hydroxyl groups is 1. The van der Waals surface area contributed by atoms with Crippen LogP contribution in [0.3, 0.4) is 0 Å². The standard InChI is InChI=1S/C25H21F2N3O5S/c26-17-4-6-23-16(11-17)12-24(35-23)36(33,34)30-9-1-2-21(30)25(32)29-14-15-7-8-28-20(10-15)19-5-3-18(27)13-22(19)31/h3-8,10-13,21,31H,1-2,9,14H2,(H,29,32)/t21-/m0/s1. The zero-order valence-electron chi connectivity index (χ0n) is 18.8. The molecule has 5 rings (SSSR count). The number of nitrogens with one attached hydrogen (secondary N) is 1. The lowest BCUT2D eigenvalue weighted by Gasteiger charge is -2.22. The molecule has 186 valence electrons. The van der Waals surface area contributed by atoms with Gasteiger partial charge in [-0.2, -0.15) is 4.31 Å². The van der Waals surface area contributed by atoms with E-state index in [0.717, 1.165) is 10.4 Å². The van der Waals surface area contributed by atoms with Crippen molar-refractivity contribution in [2.75, 3.05) is 6.54 Å². The van der Waals surface area contributed by atoms with E-state index in [1.165, 1.54) is 42.6 Å². The Hall–Kier alpha value is -3.83. The molecule has 1 fully saturated rings. The van der Waals surface area contributed by atoms with Crippen LogP contribution in [0.25, 0.3) is 22.2 Å². The molecule has 3 heterocycles. The molecule has 1 aliphatic rings. The van der Waals surface area contributed by atoms with Crippen molar-refractivity contribution in [2.45, 2.75) is 30.5 Å². The highest BCUT2D eigenvalue weighted by atomic mass is 32.2. The highest BCUT2D eigenvalue weighted by molar-refractivity contribution is 7.89. The number of phenols is 1. The average Bonchev–Trinajstić information content (AvgIpc) is 3.51. The molecule has 2 aromatic heterocycles. The Kier molecular flexibility index (Phi) is 6.19. The Morgan fingerprint density at radius 1 is 1.11 bits per heavy atom. The van der Waals surface area contributed by atoms with Crippen LogP contribution in [-0.4, -0.2) is 41.3 Å². The van der Waals surface area contributed by atoms with Crippen molar-refractivity contribution < 1.29 is 31.5 Å². The second kappa shape index (κ2) is 9.32. The summed E-state index contributed by atoms with van der Waals surface area (Å²) in [6.07, 6.45) is 2.33. The molecule has 2 N–H and O–H groups in total. The van der Waals surface area contributed by atoms with E-state index in [9.17, 15) is 27.1 Å². The summed E-state index contributed by atoms with van der Waals surface area (Å²) in [6.45, 7) is 0.236. The summed E-state index contributed by atoms with van der Waals surface area (Å²) >= 11 is 0. The van der Waals surface area contributed by atoms with Crippen molar-refractivity contribution >= 4 is 26.9 Å². The predicted molar refractivity (Wildman–Crippen MR) is 126 cm³/mol. The van der Waals surface area contributed by atoms with Crippen LogP contribution < -0.4 is 5.32 Å². The Morgan fingerprint density at radius 2 is 1.89 bits per heavy atom. The van der Waals surface area contributed by atoms with Gasteiger partial charge in [0.25, 0.3) is 10.0 Å². The van der Waals surface area contributed by atoms with Crippen LogP contribution in [0.5, 0.6) is 5.75 Å². The second-order valence-electron chi connectivity index (χ2n) is 8.45. The van der Waals surface area contributed by atoms with Gasteiger partial charge in [-0.15, -0.1) is 0 Å². The van der Waals surface area contributed by atoms with Gasteiger partial charge < -0.3 is 14.8 Å². The number of carbonyl (C=O) groups excluding carboxylic acids is 1. The first-order chi connectivity index (χ1) is 17.2. The van der Waals surface area contributed by atoms with Crippen molar-refractivity contribution in [3.8, 4) is 17.0 Å². The van der Waals surface area contributed by atoms with Gasteiger partial charge in [0.1, 0.15) is 29.0 Å². The normalized spacial score (nSPS) is 16.4. The minimum atomic E-state index is -4.13. The molecule has 2 aromatic carbocycles. The summed E-state index contributed by atoms with van der Waals surface area (Å²) in [5, 5.41) is 12.7. The van der Waals surface area contributed by atoms with E-state index >= 15 is 0 Å². The average molecular weight is 514 g/mol. The predicted octanol–water partition coefficient (Wildman–Crippen LogP) is 3.95. The Morgan fingerprint density at radius 3 is 2.69 bits per heavy atom. The first-order valence-electron chi connectivity index (χ1n) is 11.1. The molecule has 0 saturated carbocycles. The highest BCUT2D eigenvalue weighted by Crippen LogP contribution is 2.31. The molecular weight excluding hydrogens is 492 g/mol. The number of pyridine rings is 1. The molecular formula is C25H21F2N3O5S. The number of hydrogen-bond donors (Lipinski definition) is 2. The molecule has 1 saturated heterocycles. The zero-order chi connectivity index (χ0) is 25.4. The number of amides is 1. The number of aromatic nitrogens is 1. The van der Waals surface area contributed by atoms with E-state index < -0.39 is 33.6 Å². The van der Waals surface area contributed by atoms with Gasteiger partial charge in [0.15, 0.2) is 0 Å². The largest absolute Gasteiger partial charge is 0.507 e. The van der Waals surface area contributed by atoms with Crippen LogP contribution in [0.1, 0.15) is 18.4 Å². The van der Waals surface area contributed by atoms with Crippen molar-refractivity contribution in [1.29, 1.82) is 0 Å². The molecule has 0 unspecified atom stereocenters. The Balaban J connectivity index is 1.31. The maximum atomic E-state index is 13.5. The molecule has 0 bridgehead atoms. The maximum Gasteiger partial charge on any atom is 0.277 e. The Bertz CT molecular complexity index is 1570. The lowest BCUT2D eigenvalue weighted by atomic mass is 10.1. The van der Waals surface area contributed by atoms with Crippen LogP contribution in [0, 0.1) is 11.6 Å². The minimum absolute atomic E-state index is 0.0879. The monoisotopic (exact) mass is 513 g/mol. The van der Waals surface area contributed by atoms with Gasteiger partial charge in [-0.05, 0) is 60.9 Å². The fourth-order valence-corrected chi connectivity index (χ4v) is 5.89. The number of furan rings is 1. The van der Waals surface area contributed by atoms with Gasteiger partial charge in [-0.1, -0.05) is 0 Å². The summed E-state index contributed by atoms with van der Waals surface area (Å²) < 4.78 is 59.8. The number of carbonyl (C=O) groups is 1. The molecule has 1 atom stereocenters. The third kappa shape index (κ3) is 4.54. The Labute approximate surface area is 205 Å². The highest BCUT2D eigenvalue weighted by Gasteiger charge is 2.41. The lowest BCUT2D eigenvalue weighted by molar-refractivity contribution is -0.124. The van der Waals surface area contributed by atoms with Gasteiger partial charge in [-0.3, -0.25) is 9.78 Å². The van der Waals surface area contributed by atoms with Crippen LogP contribution in [0.4, 0.5) is 8.78 Å². The van der Waals surface area contributed by atoms with Crippen LogP contribution in [0.15, 0.2) is 70.3 Å². The summed E-state index contributed by atoms with van der Waals surface area (Å²) in [6, 6.07) is 10.9. The van der Waals surface area contributed by atoms with Crippen LogP contribution >= 0.6 is 0 Å². The van der Waals surface area contributed by atoms with Crippen molar-refractivity contribution in [2.24, 2.45) is 0 Å². The van der Waals surface area contributed by atoms with Crippen molar-refractivity contribution in [1.82, 2.24) is 14.6 Å². The topological polar surface area (TPSA) is 113 Å². The van der Waals surface area contributed by atoms with Gasteiger partial charge in [0.05, 0.1) is 5.69 Å². The van der Waals surface area contributed by atoms with E-state index in [2.05, 4.69) is 10.3 Å². The summed E-state index contributed by atoms with van der Waals surface area (Å²) in [4.78, 5) is 17.2. The zero-order valence-corrected chi connectivity index (χ0v) is 19.6. The number of sulfonamides is 1. The SMILES string of the molecule is O=C(NCc1ccnc(-c2ccc(F)cc2O)c1)[C@@H]1CCCN1S(=O)(=O)c1cc2cc(F)ccc2o1. The van der Waals surface area contributed by atoms with Gasteiger partial charge >= 0.3 is 0 Å². The number of nitrogens with zero attached hydrogens (tertiary/aromatic N) is 2. The van der Waals surface area contributed by atoms with Gasteiger partial charge in [-0.25, -0.2) is 17.2 Å². The summed E-state index contributed by atoms with van der Waals surface area (Å²) in [5.41, 5.74) is 1.62. The maximum absolute atomic E-state index is 13.5. The number of benzene rings is 2. The number of fused-ring (bicyclic) bond motifs is 1. The second-order valence-corrected chi connectivity index (χ2v) is 10.3. The van der Waals surface area contributed by atoms with E-state index in [4.69, 9.17) is 4.42 Å². The molecule has 4 aromatic rings.